The number of benzene rings is 2. The van der Waals surface area contributed by atoms with Crippen LogP contribution in [0.25, 0.3) is 0 Å². The first kappa shape index (κ1) is 17.7. The number of hydrogen-bond acceptors (Lipinski definition) is 3. The van der Waals surface area contributed by atoms with Gasteiger partial charge in [-0.05, 0) is 23.8 Å². The van der Waals surface area contributed by atoms with Crippen molar-refractivity contribution in [3.8, 4) is 17.6 Å². The van der Waals surface area contributed by atoms with Crippen LogP contribution in [0.1, 0.15) is 17.5 Å². The lowest BCUT2D eigenvalue weighted by atomic mass is 10.2. The van der Waals surface area contributed by atoms with E-state index in [0.29, 0.717) is 23.7 Å². The van der Waals surface area contributed by atoms with Crippen LogP contribution in [0.4, 0.5) is 4.79 Å². The van der Waals surface area contributed by atoms with E-state index >= 15 is 0 Å². The van der Waals surface area contributed by atoms with Gasteiger partial charge in [0.2, 0.25) is 0 Å². The smallest absolute Gasteiger partial charge is 0.407 e. The quantitative estimate of drug-likeness (QED) is 0.659. The van der Waals surface area contributed by atoms with E-state index in [-0.39, 0.29) is 6.61 Å². The maximum absolute atomic E-state index is 11.6. The molecule has 0 heterocycles. The minimum Gasteiger partial charge on any atom is -0.497 e. The van der Waals surface area contributed by atoms with E-state index in [2.05, 4.69) is 17.2 Å². The zero-order valence-electron chi connectivity index (χ0n) is 13.3. The van der Waals surface area contributed by atoms with E-state index in [1.165, 1.54) is 0 Å². The summed E-state index contributed by atoms with van der Waals surface area (Å²) in [5.41, 5.74) is 1.67. The first-order valence-corrected chi connectivity index (χ1v) is 7.84. The zero-order valence-corrected chi connectivity index (χ0v) is 14.1. The molecule has 0 bridgehead atoms. The van der Waals surface area contributed by atoms with Gasteiger partial charge in [-0.2, -0.15) is 0 Å². The van der Waals surface area contributed by atoms with Gasteiger partial charge in [-0.1, -0.05) is 53.8 Å². The van der Waals surface area contributed by atoms with Gasteiger partial charge in [-0.3, -0.25) is 0 Å². The summed E-state index contributed by atoms with van der Waals surface area (Å²) in [5, 5.41) is 3.19. The van der Waals surface area contributed by atoms with E-state index in [9.17, 15) is 4.79 Å². The molecule has 0 atom stereocenters. The van der Waals surface area contributed by atoms with E-state index in [1.54, 1.807) is 25.3 Å². The lowest BCUT2D eigenvalue weighted by Crippen LogP contribution is -2.24. The minimum absolute atomic E-state index is 0.250. The number of carbonyl (C=O) groups is 1. The van der Waals surface area contributed by atoms with Gasteiger partial charge < -0.3 is 14.8 Å². The normalized spacial score (nSPS) is 9.58. The Labute approximate surface area is 146 Å². The van der Waals surface area contributed by atoms with Gasteiger partial charge in [0.25, 0.3) is 0 Å². The molecule has 0 aliphatic heterocycles. The molecule has 24 heavy (non-hydrogen) atoms. The molecule has 0 aliphatic carbocycles. The minimum atomic E-state index is -0.455. The summed E-state index contributed by atoms with van der Waals surface area (Å²) in [6.07, 6.45) is 0.0473. The number of methoxy groups -OCH3 is 1. The van der Waals surface area contributed by atoms with Crippen molar-refractivity contribution in [2.45, 2.75) is 13.0 Å². The molecule has 0 saturated carbocycles. The van der Waals surface area contributed by atoms with Crippen LogP contribution in [-0.2, 0) is 11.3 Å². The largest absolute Gasteiger partial charge is 0.497 e. The topological polar surface area (TPSA) is 47.6 Å². The van der Waals surface area contributed by atoms with Crippen LogP contribution in [0.2, 0.25) is 5.02 Å². The molecule has 5 heteroatoms. The molecule has 2 rings (SSSR count). The van der Waals surface area contributed by atoms with Crippen molar-refractivity contribution >= 4 is 17.7 Å². The van der Waals surface area contributed by atoms with Crippen LogP contribution < -0.4 is 10.1 Å². The maximum atomic E-state index is 11.6. The molecule has 4 nitrogen and oxygen atoms in total. The Morgan fingerprint density at radius 3 is 2.71 bits per heavy atom. The highest BCUT2D eigenvalue weighted by atomic mass is 35.5. The number of rotatable bonds is 5. The van der Waals surface area contributed by atoms with Crippen molar-refractivity contribution in [1.82, 2.24) is 5.32 Å². The number of halogens is 1. The Hall–Kier alpha value is -2.64. The van der Waals surface area contributed by atoms with Gasteiger partial charge in [0.15, 0.2) is 0 Å². The Kier molecular flexibility index (Phi) is 7.00. The Morgan fingerprint density at radius 2 is 2.00 bits per heavy atom. The second-order valence-corrected chi connectivity index (χ2v) is 5.29. The lowest BCUT2D eigenvalue weighted by molar-refractivity contribution is 0.140. The van der Waals surface area contributed by atoms with E-state index in [0.717, 1.165) is 11.1 Å². The Bertz CT molecular complexity index is 735. The third kappa shape index (κ3) is 5.86. The molecule has 0 aliphatic rings. The fourth-order valence-corrected chi connectivity index (χ4v) is 2.10. The molecule has 0 fully saturated rings. The Morgan fingerprint density at radius 1 is 1.21 bits per heavy atom. The molecule has 124 valence electrons. The van der Waals surface area contributed by atoms with Crippen molar-refractivity contribution in [2.24, 2.45) is 0 Å². The third-order valence-electron chi connectivity index (χ3n) is 3.13. The number of hydrogen-bond donors (Lipinski definition) is 1. The fourth-order valence-electron chi connectivity index (χ4n) is 1.88. The molecule has 0 radical (unpaired) electrons. The predicted octanol–water partition coefficient (Wildman–Crippen LogP) is 4.02. The number of amides is 1. The van der Waals surface area contributed by atoms with Crippen LogP contribution in [0.3, 0.4) is 0 Å². The van der Waals surface area contributed by atoms with Crippen molar-refractivity contribution in [2.75, 3.05) is 13.7 Å². The molecule has 0 spiro atoms. The predicted molar refractivity (Wildman–Crippen MR) is 94.1 cm³/mol. The highest BCUT2D eigenvalue weighted by Crippen LogP contribution is 2.21. The van der Waals surface area contributed by atoms with Crippen LogP contribution >= 0.6 is 11.6 Å². The lowest BCUT2D eigenvalue weighted by Gasteiger charge is -2.05. The van der Waals surface area contributed by atoms with E-state index < -0.39 is 6.09 Å². The number of alkyl carbamates (subject to hydrolysis) is 1. The van der Waals surface area contributed by atoms with Crippen LogP contribution in [0, 0.1) is 11.8 Å². The van der Waals surface area contributed by atoms with Crippen LogP contribution in [0.15, 0.2) is 48.5 Å². The summed E-state index contributed by atoms with van der Waals surface area (Å²) in [6.45, 7) is 0.661. The molecule has 0 aromatic heterocycles. The summed E-state index contributed by atoms with van der Waals surface area (Å²) in [7, 11) is 1.58. The highest BCUT2D eigenvalue weighted by molar-refractivity contribution is 6.31. The second kappa shape index (κ2) is 9.49. The van der Waals surface area contributed by atoms with Crippen molar-refractivity contribution in [3.05, 3.63) is 64.7 Å². The summed E-state index contributed by atoms with van der Waals surface area (Å²) in [5.74, 6) is 6.62. The average molecular weight is 344 g/mol. The second-order valence-electron chi connectivity index (χ2n) is 4.89. The molecule has 2 aromatic rings. The molecular formula is C19H18ClNO3. The maximum Gasteiger partial charge on any atom is 0.407 e. The standard InChI is InChI=1S/C19H18ClNO3/c1-23-17-11-10-16(18(20)13-17)9-5-6-12-21-19(22)24-14-15-7-3-2-4-8-15/h2-4,7-8,10-11,13H,6,12,14H2,1H3,(H,21,22). The van der Waals surface area contributed by atoms with Crippen molar-refractivity contribution in [3.63, 3.8) is 0 Å². The summed E-state index contributed by atoms with van der Waals surface area (Å²) in [6, 6.07) is 14.8. The molecule has 1 N–H and O–H groups in total. The summed E-state index contributed by atoms with van der Waals surface area (Å²) in [4.78, 5) is 11.6. The van der Waals surface area contributed by atoms with Gasteiger partial charge in [0.1, 0.15) is 12.4 Å². The van der Waals surface area contributed by atoms with Crippen LogP contribution in [-0.4, -0.2) is 19.7 Å². The van der Waals surface area contributed by atoms with Crippen molar-refractivity contribution in [1.29, 1.82) is 0 Å². The van der Waals surface area contributed by atoms with E-state index in [4.69, 9.17) is 21.1 Å². The molecule has 0 unspecified atom stereocenters. The van der Waals surface area contributed by atoms with Gasteiger partial charge in [0.05, 0.1) is 12.1 Å². The van der Waals surface area contributed by atoms with E-state index in [1.807, 2.05) is 30.3 Å². The van der Waals surface area contributed by atoms with Gasteiger partial charge in [0, 0.05) is 18.5 Å². The third-order valence-corrected chi connectivity index (χ3v) is 3.44. The number of carbonyl (C=O) groups excluding carboxylic acids is 1. The molecule has 0 saturated heterocycles. The Balaban J connectivity index is 1.70. The van der Waals surface area contributed by atoms with Crippen molar-refractivity contribution < 1.29 is 14.3 Å². The first-order chi connectivity index (χ1) is 11.7. The molecule has 2 aromatic carbocycles. The molecule has 1 amide bonds. The van der Waals surface area contributed by atoms with Crippen LogP contribution in [0.5, 0.6) is 5.75 Å². The fraction of sp³-hybridized carbons (Fsp3) is 0.211. The number of nitrogens with one attached hydrogen (secondary N) is 1. The van der Waals surface area contributed by atoms with Gasteiger partial charge >= 0.3 is 6.09 Å². The monoisotopic (exact) mass is 343 g/mol. The SMILES string of the molecule is COc1ccc(C#CCCNC(=O)OCc2ccccc2)c(Cl)c1. The number of ether oxygens (including phenoxy) is 2. The highest BCUT2D eigenvalue weighted by Gasteiger charge is 2.01. The summed E-state index contributed by atoms with van der Waals surface area (Å²) >= 11 is 6.10. The van der Waals surface area contributed by atoms with Gasteiger partial charge in [-0.15, -0.1) is 0 Å². The molecular weight excluding hydrogens is 326 g/mol. The summed E-state index contributed by atoms with van der Waals surface area (Å²) < 4.78 is 10.2. The average Bonchev–Trinajstić information content (AvgIpc) is 2.61. The van der Waals surface area contributed by atoms with Gasteiger partial charge in [-0.25, -0.2) is 4.79 Å². The zero-order chi connectivity index (χ0) is 17.2. The first-order valence-electron chi connectivity index (χ1n) is 7.46.